The SMILES string of the molecule is CCC(Oc1ccc2c(c1)C(c1ccc(F)cc1)N(C(=O)C1CCCC1)CC2)C(=O)NCCOC. The van der Waals surface area contributed by atoms with Crippen LogP contribution in [0.3, 0.4) is 0 Å². The lowest BCUT2D eigenvalue weighted by Gasteiger charge is -2.39. The molecular weight excluding hydrogens is 447 g/mol. The van der Waals surface area contributed by atoms with Gasteiger partial charge in [-0.15, -0.1) is 0 Å². The molecule has 1 fully saturated rings. The van der Waals surface area contributed by atoms with Gasteiger partial charge in [-0.2, -0.15) is 0 Å². The van der Waals surface area contributed by atoms with Gasteiger partial charge in [-0.05, 0) is 66.6 Å². The van der Waals surface area contributed by atoms with E-state index in [4.69, 9.17) is 9.47 Å². The highest BCUT2D eigenvalue weighted by Crippen LogP contribution is 2.40. The van der Waals surface area contributed by atoms with Gasteiger partial charge in [0.15, 0.2) is 6.10 Å². The van der Waals surface area contributed by atoms with Gasteiger partial charge in [-0.3, -0.25) is 9.59 Å². The van der Waals surface area contributed by atoms with E-state index in [1.807, 2.05) is 30.0 Å². The quantitative estimate of drug-likeness (QED) is 0.538. The summed E-state index contributed by atoms with van der Waals surface area (Å²) in [6, 6.07) is 12.0. The largest absolute Gasteiger partial charge is 0.481 e. The summed E-state index contributed by atoms with van der Waals surface area (Å²) in [6.45, 7) is 3.39. The molecule has 0 aromatic heterocycles. The van der Waals surface area contributed by atoms with Crippen LogP contribution in [0.1, 0.15) is 61.8 Å². The van der Waals surface area contributed by atoms with Gasteiger partial charge in [-0.25, -0.2) is 4.39 Å². The smallest absolute Gasteiger partial charge is 0.261 e. The molecule has 35 heavy (non-hydrogen) atoms. The lowest BCUT2D eigenvalue weighted by atomic mass is 9.87. The number of hydrogen-bond donors (Lipinski definition) is 1. The second kappa shape index (κ2) is 11.7. The standard InChI is InChI=1S/C28H35FN2O4/c1-3-25(27(32)30-15-17-34-2)35-23-13-10-19-14-16-31(28(33)21-6-4-5-7-21)26(24(19)18-23)20-8-11-22(29)12-9-20/h8-13,18,21,25-26H,3-7,14-17H2,1-2H3,(H,30,32). The van der Waals surface area contributed by atoms with Crippen LogP contribution in [0.4, 0.5) is 4.39 Å². The molecule has 0 radical (unpaired) electrons. The zero-order valence-corrected chi connectivity index (χ0v) is 20.6. The van der Waals surface area contributed by atoms with E-state index in [9.17, 15) is 14.0 Å². The zero-order valence-electron chi connectivity index (χ0n) is 20.6. The van der Waals surface area contributed by atoms with Crippen molar-refractivity contribution < 1.29 is 23.5 Å². The predicted molar refractivity (Wildman–Crippen MR) is 132 cm³/mol. The molecule has 6 nitrogen and oxygen atoms in total. The fourth-order valence-electron chi connectivity index (χ4n) is 5.19. The first-order valence-corrected chi connectivity index (χ1v) is 12.6. The number of nitrogens with zero attached hydrogens (tertiary/aromatic N) is 1. The first-order chi connectivity index (χ1) is 17.0. The van der Waals surface area contributed by atoms with Crippen LogP contribution in [0.2, 0.25) is 0 Å². The van der Waals surface area contributed by atoms with Gasteiger partial charge in [0.05, 0.1) is 12.6 Å². The molecule has 188 valence electrons. The number of methoxy groups -OCH3 is 1. The van der Waals surface area contributed by atoms with Gasteiger partial charge in [0.2, 0.25) is 5.91 Å². The Morgan fingerprint density at radius 1 is 1.14 bits per heavy atom. The summed E-state index contributed by atoms with van der Waals surface area (Å²) in [6.07, 6.45) is 4.67. The van der Waals surface area contributed by atoms with Crippen molar-refractivity contribution >= 4 is 11.8 Å². The highest BCUT2D eigenvalue weighted by Gasteiger charge is 2.36. The molecule has 2 amide bonds. The predicted octanol–water partition coefficient (Wildman–Crippen LogP) is 4.41. The van der Waals surface area contributed by atoms with Crippen molar-refractivity contribution in [3.05, 3.63) is 65.0 Å². The van der Waals surface area contributed by atoms with Crippen LogP contribution in [-0.2, 0) is 20.7 Å². The molecule has 2 aromatic rings. The molecule has 1 N–H and O–H groups in total. The third kappa shape index (κ3) is 5.84. The van der Waals surface area contributed by atoms with Gasteiger partial charge in [0, 0.05) is 26.1 Å². The second-order valence-corrected chi connectivity index (χ2v) is 9.38. The van der Waals surface area contributed by atoms with Crippen molar-refractivity contribution in [1.29, 1.82) is 0 Å². The summed E-state index contributed by atoms with van der Waals surface area (Å²) in [7, 11) is 1.59. The molecule has 0 bridgehead atoms. The van der Waals surface area contributed by atoms with Crippen LogP contribution in [0.15, 0.2) is 42.5 Å². The van der Waals surface area contributed by atoms with E-state index in [1.54, 1.807) is 19.2 Å². The van der Waals surface area contributed by atoms with E-state index >= 15 is 0 Å². The Morgan fingerprint density at radius 3 is 2.57 bits per heavy atom. The number of amides is 2. The summed E-state index contributed by atoms with van der Waals surface area (Å²) in [5, 5.41) is 2.83. The maximum Gasteiger partial charge on any atom is 0.261 e. The number of benzene rings is 2. The minimum Gasteiger partial charge on any atom is -0.481 e. The molecule has 2 atom stereocenters. The van der Waals surface area contributed by atoms with Crippen LogP contribution >= 0.6 is 0 Å². The first kappa shape index (κ1) is 25.2. The Morgan fingerprint density at radius 2 is 1.89 bits per heavy atom. The van der Waals surface area contributed by atoms with Gasteiger partial charge < -0.3 is 19.7 Å². The van der Waals surface area contributed by atoms with E-state index in [1.165, 1.54) is 12.1 Å². The Labute approximate surface area is 206 Å². The summed E-state index contributed by atoms with van der Waals surface area (Å²) < 4.78 is 24.8. The fraction of sp³-hybridized carbons (Fsp3) is 0.500. The number of ether oxygens (including phenoxy) is 2. The summed E-state index contributed by atoms with van der Waals surface area (Å²) in [4.78, 5) is 28.1. The molecule has 2 aliphatic rings. The van der Waals surface area contributed by atoms with E-state index in [2.05, 4.69) is 5.32 Å². The number of carbonyl (C=O) groups excluding carboxylic acids is 2. The minimum atomic E-state index is -0.631. The van der Waals surface area contributed by atoms with Crippen molar-refractivity contribution in [1.82, 2.24) is 10.2 Å². The molecule has 2 unspecified atom stereocenters. The number of halogens is 1. The number of nitrogens with one attached hydrogen (secondary N) is 1. The Kier molecular flexibility index (Phi) is 8.39. The van der Waals surface area contributed by atoms with Crippen molar-refractivity contribution in [3.63, 3.8) is 0 Å². The molecule has 1 saturated carbocycles. The molecule has 1 aliphatic heterocycles. The third-order valence-electron chi connectivity index (χ3n) is 7.07. The van der Waals surface area contributed by atoms with Crippen LogP contribution in [0.5, 0.6) is 5.75 Å². The van der Waals surface area contributed by atoms with Crippen LogP contribution in [0.25, 0.3) is 0 Å². The van der Waals surface area contributed by atoms with E-state index < -0.39 is 6.10 Å². The maximum absolute atomic E-state index is 13.7. The molecule has 0 spiro atoms. The number of carbonyl (C=O) groups is 2. The molecule has 1 aliphatic carbocycles. The van der Waals surface area contributed by atoms with Crippen LogP contribution < -0.4 is 10.1 Å². The summed E-state index contributed by atoms with van der Waals surface area (Å²) >= 11 is 0. The lowest BCUT2D eigenvalue weighted by Crippen LogP contribution is -2.43. The van der Waals surface area contributed by atoms with Crippen molar-refractivity contribution in [3.8, 4) is 5.75 Å². The normalized spacial score (nSPS) is 18.7. The molecule has 2 aromatic carbocycles. The van der Waals surface area contributed by atoms with Crippen LogP contribution in [-0.4, -0.2) is 49.6 Å². The zero-order chi connectivity index (χ0) is 24.8. The Bertz CT molecular complexity index is 1020. The fourth-order valence-corrected chi connectivity index (χ4v) is 5.19. The average Bonchev–Trinajstić information content (AvgIpc) is 3.42. The van der Waals surface area contributed by atoms with E-state index in [0.29, 0.717) is 31.9 Å². The number of fused-ring (bicyclic) bond motifs is 1. The average molecular weight is 483 g/mol. The Hall–Kier alpha value is -2.93. The van der Waals surface area contributed by atoms with Gasteiger partial charge >= 0.3 is 0 Å². The lowest BCUT2D eigenvalue weighted by molar-refractivity contribution is -0.137. The second-order valence-electron chi connectivity index (χ2n) is 9.38. The monoisotopic (exact) mass is 482 g/mol. The highest BCUT2D eigenvalue weighted by molar-refractivity contribution is 5.81. The maximum atomic E-state index is 13.7. The number of rotatable bonds is 9. The van der Waals surface area contributed by atoms with Gasteiger partial charge in [-0.1, -0.05) is 38.0 Å². The first-order valence-electron chi connectivity index (χ1n) is 12.6. The van der Waals surface area contributed by atoms with Crippen LogP contribution in [0, 0.1) is 11.7 Å². The molecular formula is C28H35FN2O4. The van der Waals surface area contributed by atoms with E-state index in [0.717, 1.165) is 48.8 Å². The van der Waals surface area contributed by atoms with Crippen molar-refractivity contribution in [2.24, 2.45) is 5.92 Å². The minimum absolute atomic E-state index is 0.0548. The molecule has 0 saturated heterocycles. The van der Waals surface area contributed by atoms with Gasteiger partial charge in [0.25, 0.3) is 5.91 Å². The summed E-state index contributed by atoms with van der Waals surface area (Å²) in [5.74, 6) is 0.327. The highest BCUT2D eigenvalue weighted by atomic mass is 19.1. The van der Waals surface area contributed by atoms with Crippen molar-refractivity contribution in [2.45, 2.75) is 57.6 Å². The number of hydrogen-bond acceptors (Lipinski definition) is 4. The molecule has 7 heteroatoms. The molecule has 4 rings (SSSR count). The van der Waals surface area contributed by atoms with E-state index in [-0.39, 0.29) is 29.6 Å². The summed E-state index contributed by atoms with van der Waals surface area (Å²) in [5.41, 5.74) is 2.99. The van der Waals surface area contributed by atoms with Crippen molar-refractivity contribution in [2.75, 3.05) is 26.8 Å². The van der Waals surface area contributed by atoms with Gasteiger partial charge in [0.1, 0.15) is 11.6 Å². The third-order valence-corrected chi connectivity index (χ3v) is 7.07. The Balaban J connectivity index is 1.63. The topological polar surface area (TPSA) is 67.9 Å². The molecule has 1 heterocycles.